The van der Waals surface area contributed by atoms with Crippen molar-refractivity contribution in [3.63, 3.8) is 0 Å². The predicted octanol–water partition coefficient (Wildman–Crippen LogP) is 20.7. The normalized spacial score (nSPS) is 14.0. The third-order valence-electron chi connectivity index (χ3n) is 15.0. The molecule has 0 aromatic rings. The summed E-state index contributed by atoms with van der Waals surface area (Å²) in [6.07, 6.45) is 78.3. The minimum atomic E-state index is -4.36. The van der Waals surface area contributed by atoms with E-state index in [1.54, 1.807) is 6.08 Å². The quantitative estimate of drug-likeness (QED) is 0.0243. The van der Waals surface area contributed by atoms with Crippen LogP contribution in [0.1, 0.15) is 322 Å². The molecule has 0 aliphatic carbocycles. The van der Waals surface area contributed by atoms with Crippen LogP contribution in [0.5, 0.6) is 0 Å². The zero-order valence-electron chi connectivity index (χ0n) is 51.3. The predicted molar refractivity (Wildman–Crippen MR) is 332 cm³/mol. The summed E-state index contributed by atoms with van der Waals surface area (Å²) in [6, 6.07) is -0.862. The number of quaternary nitrogens is 1. The molecule has 3 atom stereocenters. The van der Waals surface area contributed by atoms with Gasteiger partial charge >= 0.3 is 7.82 Å². The van der Waals surface area contributed by atoms with Crippen LogP contribution in [-0.2, 0) is 18.4 Å². The SMILES string of the molecule is CCCCCCC/C=C\C/C=C\CCCCCCCCCCCCCCCCCCCCCCCCCCCC(=O)NC(COP(=O)(O)OCC[N+](C)(C)C)C(O)/C=C/CC/C=C/CCCCCCCCCCCCC. The maximum atomic E-state index is 13.0. The van der Waals surface area contributed by atoms with Gasteiger partial charge in [0.15, 0.2) is 0 Å². The standard InChI is InChI=1S/C67H129N2O6P/c1-6-8-10-12-14-16-18-20-22-24-25-26-27-28-29-30-31-32-33-34-35-36-37-38-39-40-41-42-43-45-47-49-51-53-55-57-59-61-67(71)68-65(64-75-76(72,73)74-63-62-69(3,4)5)66(70)60-58-56-54-52-50-48-46-44-23-21-19-17-15-13-11-9-7-2/h18,20,24-25,50,52,58,60,65-66,70H,6-17,19,21-23,26-49,51,53-57,59,61-64H2,1-5H3,(H-,68,71,72,73)/p+1/b20-18-,25-24-,52-50+,60-58+. The van der Waals surface area contributed by atoms with Gasteiger partial charge in [-0.2, -0.15) is 0 Å². The molecular weight excluding hydrogens is 960 g/mol. The van der Waals surface area contributed by atoms with Crippen LogP contribution >= 0.6 is 7.82 Å². The van der Waals surface area contributed by atoms with Gasteiger partial charge in [-0.15, -0.1) is 0 Å². The van der Waals surface area contributed by atoms with Gasteiger partial charge in [-0.05, 0) is 64.2 Å². The highest BCUT2D eigenvalue weighted by atomic mass is 31.2. The molecule has 0 saturated carbocycles. The van der Waals surface area contributed by atoms with Gasteiger partial charge in [0.2, 0.25) is 5.91 Å². The molecular formula is C67H130N2O6P+. The molecule has 0 aromatic carbocycles. The molecule has 76 heavy (non-hydrogen) atoms. The van der Waals surface area contributed by atoms with E-state index < -0.39 is 20.0 Å². The summed E-state index contributed by atoms with van der Waals surface area (Å²) in [5, 5.41) is 13.9. The fourth-order valence-corrected chi connectivity index (χ4v) is 10.6. The van der Waals surface area contributed by atoms with Gasteiger partial charge in [0, 0.05) is 6.42 Å². The van der Waals surface area contributed by atoms with Crippen molar-refractivity contribution in [3.8, 4) is 0 Å². The molecule has 0 spiro atoms. The molecule has 0 rings (SSSR count). The van der Waals surface area contributed by atoms with Gasteiger partial charge in [-0.25, -0.2) is 4.57 Å². The monoisotopic (exact) mass is 1090 g/mol. The van der Waals surface area contributed by atoms with E-state index in [4.69, 9.17) is 9.05 Å². The maximum Gasteiger partial charge on any atom is 0.472 e. The molecule has 448 valence electrons. The van der Waals surface area contributed by atoms with E-state index in [0.717, 1.165) is 44.9 Å². The van der Waals surface area contributed by atoms with Crippen molar-refractivity contribution in [3.05, 3.63) is 48.6 Å². The van der Waals surface area contributed by atoms with Crippen LogP contribution in [0.25, 0.3) is 0 Å². The average Bonchev–Trinajstić information content (AvgIpc) is 3.38. The van der Waals surface area contributed by atoms with Gasteiger partial charge in [0.25, 0.3) is 0 Å². The summed E-state index contributed by atoms with van der Waals surface area (Å²) < 4.78 is 23.7. The van der Waals surface area contributed by atoms with Crippen LogP contribution in [0.3, 0.4) is 0 Å². The Hall–Kier alpha value is -1.54. The third-order valence-corrected chi connectivity index (χ3v) is 16.0. The van der Waals surface area contributed by atoms with Crippen LogP contribution in [-0.4, -0.2) is 73.4 Å². The molecule has 0 aliphatic heterocycles. The van der Waals surface area contributed by atoms with Gasteiger partial charge in [-0.1, -0.05) is 300 Å². The summed E-state index contributed by atoms with van der Waals surface area (Å²) in [5.41, 5.74) is 0. The number of carbonyl (C=O) groups excluding carboxylic acids is 1. The Labute approximate surface area is 473 Å². The van der Waals surface area contributed by atoms with Crippen molar-refractivity contribution in [1.29, 1.82) is 0 Å². The summed E-state index contributed by atoms with van der Waals surface area (Å²) in [6.45, 7) is 4.82. The number of nitrogens with one attached hydrogen (secondary N) is 1. The summed E-state index contributed by atoms with van der Waals surface area (Å²) in [4.78, 5) is 23.3. The number of phosphoric acid groups is 1. The van der Waals surface area contributed by atoms with Crippen LogP contribution in [0, 0.1) is 0 Å². The largest absolute Gasteiger partial charge is 0.472 e. The number of hydrogen-bond donors (Lipinski definition) is 3. The van der Waals surface area contributed by atoms with Gasteiger partial charge in [-0.3, -0.25) is 13.8 Å². The number of rotatable bonds is 61. The minimum absolute atomic E-state index is 0.0574. The summed E-state index contributed by atoms with van der Waals surface area (Å²) >= 11 is 0. The number of phosphoric ester groups is 1. The highest BCUT2D eigenvalue weighted by molar-refractivity contribution is 7.47. The molecule has 3 unspecified atom stereocenters. The molecule has 0 heterocycles. The molecule has 0 fully saturated rings. The lowest BCUT2D eigenvalue weighted by molar-refractivity contribution is -0.870. The number of hydrogen-bond acceptors (Lipinski definition) is 5. The number of likely N-dealkylation sites (N-methyl/N-ethyl adjacent to an activating group) is 1. The van der Waals surface area contributed by atoms with Gasteiger partial charge < -0.3 is 19.8 Å². The van der Waals surface area contributed by atoms with Crippen LogP contribution < -0.4 is 5.32 Å². The van der Waals surface area contributed by atoms with Gasteiger partial charge in [0.05, 0.1) is 39.9 Å². The Balaban J connectivity index is 3.97. The van der Waals surface area contributed by atoms with Crippen molar-refractivity contribution < 1.29 is 32.9 Å². The van der Waals surface area contributed by atoms with E-state index in [9.17, 15) is 19.4 Å². The van der Waals surface area contributed by atoms with E-state index in [1.165, 1.54) is 257 Å². The lowest BCUT2D eigenvalue weighted by atomic mass is 10.0. The number of nitrogens with zero attached hydrogens (tertiary/aromatic N) is 1. The highest BCUT2D eigenvalue weighted by Crippen LogP contribution is 2.43. The van der Waals surface area contributed by atoms with Crippen molar-refractivity contribution >= 4 is 13.7 Å². The van der Waals surface area contributed by atoms with Crippen molar-refractivity contribution in [2.45, 2.75) is 334 Å². The summed E-state index contributed by atoms with van der Waals surface area (Å²) in [5.74, 6) is -0.181. The number of allylic oxidation sites excluding steroid dienone is 7. The molecule has 0 aromatic heterocycles. The third kappa shape index (κ3) is 60.1. The highest BCUT2D eigenvalue weighted by Gasteiger charge is 2.28. The second-order valence-electron chi connectivity index (χ2n) is 23.8. The summed E-state index contributed by atoms with van der Waals surface area (Å²) in [7, 11) is 1.57. The first-order valence-electron chi connectivity index (χ1n) is 33.0. The zero-order chi connectivity index (χ0) is 55.6. The van der Waals surface area contributed by atoms with E-state index in [0.29, 0.717) is 17.4 Å². The van der Waals surface area contributed by atoms with Crippen molar-refractivity contribution in [2.24, 2.45) is 0 Å². The van der Waals surface area contributed by atoms with E-state index in [2.05, 4.69) is 55.6 Å². The average molecular weight is 1090 g/mol. The number of amides is 1. The number of aliphatic hydroxyl groups excluding tert-OH is 1. The zero-order valence-corrected chi connectivity index (χ0v) is 52.2. The van der Waals surface area contributed by atoms with Crippen LogP contribution in [0.2, 0.25) is 0 Å². The number of carbonyl (C=O) groups is 1. The Morgan fingerprint density at radius 2 is 0.763 bits per heavy atom. The molecule has 0 radical (unpaired) electrons. The molecule has 1 amide bonds. The Kier molecular flexibility index (Phi) is 56.9. The van der Waals surface area contributed by atoms with E-state index >= 15 is 0 Å². The Bertz CT molecular complexity index is 1380. The molecule has 0 bridgehead atoms. The van der Waals surface area contributed by atoms with E-state index in [-0.39, 0.29) is 19.1 Å². The lowest BCUT2D eigenvalue weighted by Gasteiger charge is -2.25. The van der Waals surface area contributed by atoms with Crippen LogP contribution in [0.15, 0.2) is 48.6 Å². The molecule has 3 N–H and O–H groups in total. The molecule has 9 heteroatoms. The number of aliphatic hydroxyl groups is 1. The van der Waals surface area contributed by atoms with Crippen molar-refractivity contribution in [1.82, 2.24) is 5.32 Å². The van der Waals surface area contributed by atoms with E-state index in [1.807, 2.05) is 27.2 Å². The first-order chi connectivity index (χ1) is 37.0. The topological polar surface area (TPSA) is 105 Å². The molecule has 0 aliphatic rings. The fraction of sp³-hybridized carbons (Fsp3) is 0.866. The second-order valence-corrected chi connectivity index (χ2v) is 25.3. The first kappa shape index (κ1) is 74.5. The number of unbranched alkanes of at least 4 members (excludes halogenated alkanes) is 42. The molecule has 8 nitrogen and oxygen atoms in total. The Morgan fingerprint density at radius 1 is 0.447 bits per heavy atom. The van der Waals surface area contributed by atoms with Gasteiger partial charge in [0.1, 0.15) is 13.2 Å². The smallest absolute Gasteiger partial charge is 0.387 e. The molecule has 0 saturated heterocycles. The minimum Gasteiger partial charge on any atom is -0.387 e. The van der Waals surface area contributed by atoms with Crippen LogP contribution in [0.4, 0.5) is 0 Å². The Morgan fingerprint density at radius 3 is 1.13 bits per heavy atom. The fourth-order valence-electron chi connectivity index (χ4n) is 9.86. The lowest BCUT2D eigenvalue weighted by Crippen LogP contribution is -2.45. The van der Waals surface area contributed by atoms with Crippen molar-refractivity contribution in [2.75, 3.05) is 40.9 Å². The first-order valence-corrected chi connectivity index (χ1v) is 34.5. The maximum absolute atomic E-state index is 13.0. The second kappa shape index (κ2) is 58.1.